The standard InChI is InChI=1S/C13H26N2O2S/c1-18(16,17)9-3-8-15(13-5-6-13)11-12-4-2-7-14-10-12/h12-14H,2-11H2,1H3. The van der Waals surface area contributed by atoms with Crippen LogP contribution >= 0.6 is 0 Å². The molecule has 0 amide bonds. The zero-order valence-corrected chi connectivity index (χ0v) is 12.2. The highest BCUT2D eigenvalue weighted by Gasteiger charge is 2.30. The van der Waals surface area contributed by atoms with Gasteiger partial charge in [0, 0.05) is 18.8 Å². The maximum Gasteiger partial charge on any atom is 0.147 e. The van der Waals surface area contributed by atoms with E-state index in [0.717, 1.165) is 44.6 Å². The molecule has 2 aliphatic rings. The number of hydrogen-bond donors (Lipinski definition) is 1. The molecule has 0 bridgehead atoms. The zero-order valence-electron chi connectivity index (χ0n) is 11.4. The van der Waals surface area contributed by atoms with E-state index in [2.05, 4.69) is 10.2 Å². The first-order valence-electron chi connectivity index (χ1n) is 7.17. The second-order valence-corrected chi connectivity index (χ2v) is 8.18. The summed E-state index contributed by atoms with van der Waals surface area (Å²) in [4.78, 5) is 2.53. The third-order valence-corrected chi connectivity index (χ3v) is 4.95. The van der Waals surface area contributed by atoms with Gasteiger partial charge in [0.2, 0.25) is 0 Å². The van der Waals surface area contributed by atoms with Crippen molar-refractivity contribution in [2.45, 2.75) is 38.1 Å². The van der Waals surface area contributed by atoms with Crippen LogP contribution in [0.1, 0.15) is 32.1 Å². The number of sulfone groups is 1. The van der Waals surface area contributed by atoms with E-state index in [-0.39, 0.29) is 0 Å². The lowest BCUT2D eigenvalue weighted by Gasteiger charge is -2.30. The SMILES string of the molecule is CS(=O)(=O)CCCN(CC1CCCNC1)C1CC1. The van der Waals surface area contributed by atoms with Gasteiger partial charge in [0.05, 0.1) is 5.75 Å². The monoisotopic (exact) mass is 274 g/mol. The number of rotatable bonds is 7. The molecule has 18 heavy (non-hydrogen) atoms. The number of nitrogens with zero attached hydrogens (tertiary/aromatic N) is 1. The Hall–Kier alpha value is -0.130. The van der Waals surface area contributed by atoms with Crippen LogP contribution in [0.15, 0.2) is 0 Å². The first kappa shape index (κ1) is 14.3. The third kappa shape index (κ3) is 5.24. The summed E-state index contributed by atoms with van der Waals surface area (Å²) >= 11 is 0. The van der Waals surface area contributed by atoms with E-state index in [1.54, 1.807) is 0 Å². The first-order chi connectivity index (χ1) is 8.54. The summed E-state index contributed by atoms with van der Waals surface area (Å²) in [5, 5.41) is 3.46. The van der Waals surface area contributed by atoms with Crippen LogP contribution in [0, 0.1) is 5.92 Å². The lowest BCUT2D eigenvalue weighted by Crippen LogP contribution is -2.40. The summed E-state index contributed by atoms with van der Waals surface area (Å²) in [6.07, 6.45) is 7.34. The van der Waals surface area contributed by atoms with Crippen molar-refractivity contribution in [2.24, 2.45) is 5.92 Å². The molecule has 1 saturated heterocycles. The molecule has 0 aromatic rings. The molecule has 0 spiro atoms. The second-order valence-electron chi connectivity index (χ2n) is 5.92. The second kappa shape index (κ2) is 6.35. The van der Waals surface area contributed by atoms with E-state index in [9.17, 15) is 8.42 Å². The molecule has 1 aliphatic heterocycles. The van der Waals surface area contributed by atoms with Crippen molar-refractivity contribution in [1.82, 2.24) is 10.2 Å². The van der Waals surface area contributed by atoms with Crippen molar-refractivity contribution in [3.63, 3.8) is 0 Å². The summed E-state index contributed by atoms with van der Waals surface area (Å²) in [6, 6.07) is 0.742. The van der Waals surface area contributed by atoms with E-state index in [1.165, 1.54) is 31.9 Å². The highest BCUT2D eigenvalue weighted by Crippen LogP contribution is 2.28. The van der Waals surface area contributed by atoms with Gasteiger partial charge in [-0.2, -0.15) is 0 Å². The minimum absolute atomic E-state index is 0.332. The molecular weight excluding hydrogens is 248 g/mol. The lowest BCUT2D eigenvalue weighted by atomic mass is 9.99. The van der Waals surface area contributed by atoms with Gasteiger partial charge in [-0.1, -0.05) is 0 Å². The van der Waals surface area contributed by atoms with Gasteiger partial charge in [-0.15, -0.1) is 0 Å². The van der Waals surface area contributed by atoms with Crippen molar-refractivity contribution >= 4 is 9.84 Å². The van der Waals surface area contributed by atoms with Gasteiger partial charge in [0.25, 0.3) is 0 Å². The molecule has 1 N–H and O–H groups in total. The molecule has 0 aromatic carbocycles. The first-order valence-corrected chi connectivity index (χ1v) is 9.23. The Labute approximate surface area is 111 Å². The van der Waals surface area contributed by atoms with E-state index in [0.29, 0.717) is 5.75 Å². The maximum absolute atomic E-state index is 11.2. The topological polar surface area (TPSA) is 49.4 Å². The fourth-order valence-corrected chi connectivity index (χ4v) is 3.46. The molecule has 0 aromatic heterocycles. The van der Waals surface area contributed by atoms with Gasteiger partial charge in [0.1, 0.15) is 9.84 Å². The molecule has 1 heterocycles. The number of hydrogen-bond acceptors (Lipinski definition) is 4. The average Bonchev–Trinajstić information content (AvgIpc) is 3.11. The molecule has 0 radical (unpaired) electrons. The minimum atomic E-state index is -2.80. The predicted octanol–water partition coefficient (Wildman–Crippen LogP) is 0.885. The number of nitrogens with one attached hydrogen (secondary N) is 1. The van der Waals surface area contributed by atoms with Crippen molar-refractivity contribution in [2.75, 3.05) is 38.2 Å². The molecule has 2 fully saturated rings. The van der Waals surface area contributed by atoms with Crippen LogP contribution in [-0.4, -0.2) is 57.5 Å². The molecule has 5 heteroatoms. The summed E-state index contributed by atoms with van der Waals surface area (Å²) < 4.78 is 22.3. The molecule has 2 rings (SSSR count). The lowest BCUT2D eigenvalue weighted by molar-refractivity contribution is 0.200. The van der Waals surface area contributed by atoms with Crippen LogP contribution in [-0.2, 0) is 9.84 Å². The van der Waals surface area contributed by atoms with Crippen LogP contribution in [0.4, 0.5) is 0 Å². The smallest absolute Gasteiger partial charge is 0.147 e. The fraction of sp³-hybridized carbons (Fsp3) is 1.00. The summed E-state index contributed by atoms with van der Waals surface area (Å²) in [7, 11) is -2.80. The normalized spacial score (nSPS) is 25.6. The molecular formula is C13H26N2O2S. The van der Waals surface area contributed by atoms with Gasteiger partial charge in [-0.3, -0.25) is 0 Å². The minimum Gasteiger partial charge on any atom is -0.316 e. The van der Waals surface area contributed by atoms with Gasteiger partial charge < -0.3 is 10.2 Å². The Morgan fingerprint density at radius 3 is 2.61 bits per heavy atom. The van der Waals surface area contributed by atoms with E-state index < -0.39 is 9.84 Å². The van der Waals surface area contributed by atoms with Crippen molar-refractivity contribution in [3.8, 4) is 0 Å². The van der Waals surface area contributed by atoms with Crippen LogP contribution < -0.4 is 5.32 Å². The maximum atomic E-state index is 11.2. The highest BCUT2D eigenvalue weighted by atomic mass is 32.2. The van der Waals surface area contributed by atoms with E-state index >= 15 is 0 Å². The average molecular weight is 274 g/mol. The van der Waals surface area contributed by atoms with E-state index in [4.69, 9.17) is 0 Å². The molecule has 106 valence electrons. The molecule has 1 unspecified atom stereocenters. The summed E-state index contributed by atoms with van der Waals surface area (Å²) in [6.45, 7) is 4.40. The van der Waals surface area contributed by atoms with Crippen molar-refractivity contribution < 1.29 is 8.42 Å². The summed E-state index contributed by atoms with van der Waals surface area (Å²) in [5.41, 5.74) is 0. The zero-order chi connectivity index (χ0) is 13.0. The fourth-order valence-electron chi connectivity index (χ4n) is 2.80. The Morgan fingerprint density at radius 2 is 2.06 bits per heavy atom. The van der Waals surface area contributed by atoms with Crippen molar-refractivity contribution in [3.05, 3.63) is 0 Å². The Balaban J connectivity index is 1.73. The van der Waals surface area contributed by atoms with Crippen LogP contribution in [0.2, 0.25) is 0 Å². The number of piperidine rings is 1. The molecule has 1 aliphatic carbocycles. The van der Waals surface area contributed by atoms with Gasteiger partial charge in [-0.25, -0.2) is 8.42 Å². The van der Waals surface area contributed by atoms with Crippen LogP contribution in [0.25, 0.3) is 0 Å². The van der Waals surface area contributed by atoms with E-state index in [1.807, 2.05) is 0 Å². The van der Waals surface area contributed by atoms with Crippen LogP contribution in [0.5, 0.6) is 0 Å². The Morgan fingerprint density at radius 1 is 1.28 bits per heavy atom. The third-order valence-electron chi connectivity index (χ3n) is 3.92. The van der Waals surface area contributed by atoms with Gasteiger partial charge in [0.15, 0.2) is 0 Å². The summed E-state index contributed by atoms with van der Waals surface area (Å²) in [5.74, 6) is 1.09. The molecule has 4 nitrogen and oxygen atoms in total. The van der Waals surface area contributed by atoms with Gasteiger partial charge >= 0.3 is 0 Å². The predicted molar refractivity (Wildman–Crippen MR) is 74.5 cm³/mol. The highest BCUT2D eigenvalue weighted by molar-refractivity contribution is 7.90. The quantitative estimate of drug-likeness (QED) is 0.749. The molecule has 1 saturated carbocycles. The Kier molecular flexibility index (Phi) is 5.04. The Bertz CT molecular complexity index is 346. The molecule has 1 atom stereocenters. The van der Waals surface area contributed by atoms with Crippen LogP contribution in [0.3, 0.4) is 0 Å². The van der Waals surface area contributed by atoms with Crippen molar-refractivity contribution in [1.29, 1.82) is 0 Å². The van der Waals surface area contributed by atoms with Gasteiger partial charge in [-0.05, 0) is 57.7 Å². The largest absolute Gasteiger partial charge is 0.316 e.